The van der Waals surface area contributed by atoms with Crippen LogP contribution in [0.3, 0.4) is 0 Å². The molecule has 0 fully saturated rings. The number of rotatable bonds is 2. The van der Waals surface area contributed by atoms with Crippen LogP contribution >= 0.6 is 11.8 Å². The Morgan fingerprint density at radius 2 is 2.18 bits per heavy atom. The van der Waals surface area contributed by atoms with Crippen LogP contribution in [0.4, 0.5) is 0 Å². The van der Waals surface area contributed by atoms with Gasteiger partial charge in [0, 0.05) is 4.90 Å². The molecule has 11 heavy (non-hydrogen) atoms. The van der Waals surface area contributed by atoms with Crippen LogP contribution in [0.25, 0.3) is 0 Å². The lowest BCUT2D eigenvalue weighted by Crippen LogP contribution is -1.84. The fraction of sp³-hybridized carbons (Fsp3) is 0.222. The molecule has 0 aromatic heterocycles. The number of thioether (sulfide) groups is 1. The summed E-state index contributed by atoms with van der Waals surface area (Å²) in [6, 6.07) is 5.87. The van der Waals surface area contributed by atoms with E-state index in [2.05, 4.69) is 6.92 Å². The molecule has 59 valence electrons. The van der Waals surface area contributed by atoms with Crippen LogP contribution in [0.2, 0.25) is 0 Å². The second-order valence-electron chi connectivity index (χ2n) is 2.18. The van der Waals surface area contributed by atoms with E-state index in [1.54, 1.807) is 18.9 Å². The highest BCUT2D eigenvalue weighted by molar-refractivity contribution is 7.98. The first-order chi connectivity index (χ1) is 5.27. The molecule has 0 aliphatic carbocycles. The van der Waals surface area contributed by atoms with Gasteiger partial charge in [0.25, 0.3) is 0 Å². The van der Waals surface area contributed by atoms with Crippen LogP contribution in [0.1, 0.15) is 5.56 Å². The molecule has 0 saturated heterocycles. The highest BCUT2D eigenvalue weighted by atomic mass is 32.2. The fourth-order valence-corrected chi connectivity index (χ4v) is 1.42. The van der Waals surface area contributed by atoms with E-state index in [0.717, 1.165) is 11.3 Å². The molecule has 1 aromatic carbocycles. The SMILES string of the molecule is [CH2]c1ccc(OC)cc1SC. The first kappa shape index (κ1) is 8.47. The van der Waals surface area contributed by atoms with E-state index < -0.39 is 0 Å². The molecule has 0 amide bonds. The normalized spacial score (nSPS) is 9.73. The monoisotopic (exact) mass is 167 g/mol. The summed E-state index contributed by atoms with van der Waals surface area (Å²) in [5.41, 5.74) is 1.05. The minimum atomic E-state index is 0.891. The maximum atomic E-state index is 5.07. The van der Waals surface area contributed by atoms with Crippen LogP contribution in [0.15, 0.2) is 23.1 Å². The van der Waals surface area contributed by atoms with Crippen LogP contribution in [-0.2, 0) is 0 Å². The largest absolute Gasteiger partial charge is 0.497 e. The van der Waals surface area contributed by atoms with Gasteiger partial charge in [0.15, 0.2) is 0 Å². The minimum Gasteiger partial charge on any atom is -0.497 e. The van der Waals surface area contributed by atoms with Gasteiger partial charge in [-0.25, -0.2) is 0 Å². The molecule has 0 spiro atoms. The van der Waals surface area contributed by atoms with Crippen LogP contribution < -0.4 is 4.74 Å². The van der Waals surface area contributed by atoms with E-state index in [9.17, 15) is 0 Å². The van der Waals surface area contributed by atoms with Crippen molar-refractivity contribution in [2.45, 2.75) is 4.90 Å². The summed E-state index contributed by atoms with van der Waals surface area (Å²) in [4.78, 5) is 1.17. The predicted octanol–water partition coefficient (Wildman–Crippen LogP) is 2.60. The standard InChI is InChI=1S/C9H11OS/c1-7-4-5-8(10-2)6-9(7)11-3/h4-6H,1H2,2-3H3. The van der Waals surface area contributed by atoms with Crippen molar-refractivity contribution in [3.05, 3.63) is 30.7 Å². The van der Waals surface area contributed by atoms with Crippen molar-refractivity contribution in [2.24, 2.45) is 0 Å². The smallest absolute Gasteiger partial charge is 0.119 e. The molecular weight excluding hydrogens is 156 g/mol. The third-order valence-corrected chi connectivity index (χ3v) is 2.31. The van der Waals surface area contributed by atoms with Crippen molar-refractivity contribution in [3.63, 3.8) is 0 Å². The second-order valence-corrected chi connectivity index (χ2v) is 3.03. The molecule has 0 saturated carbocycles. The zero-order valence-corrected chi connectivity index (χ0v) is 7.57. The first-order valence-electron chi connectivity index (χ1n) is 3.32. The Labute approximate surface area is 71.8 Å². The molecule has 0 heterocycles. The fourth-order valence-electron chi connectivity index (χ4n) is 0.852. The van der Waals surface area contributed by atoms with Gasteiger partial charge >= 0.3 is 0 Å². The van der Waals surface area contributed by atoms with Crippen molar-refractivity contribution in [1.29, 1.82) is 0 Å². The number of benzene rings is 1. The lowest BCUT2D eigenvalue weighted by atomic mass is 10.2. The molecule has 0 aliphatic heterocycles. The summed E-state index contributed by atoms with van der Waals surface area (Å²) in [7, 11) is 1.67. The maximum absolute atomic E-state index is 5.07. The van der Waals surface area contributed by atoms with Crippen LogP contribution in [-0.4, -0.2) is 13.4 Å². The molecule has 1 rings (SSSR count). The Morgan fingerprint density at radius 3 is 2.73 bits per heavy atom. The van der Waals surface area contributed by atoms with Gasteiger partial charge in [-0.2, -0.15) is 0 Å². The van der Waals surface area contributed by atoms with E-state index in [0.29, 0.717) is 0 Å². The average Bonchev–Trinajstić information content (AvgIpc) is 2.05. The molecule has 1 nitrogen and oxygen atoms in total. The van der Waals surface area contributed by atoms with E-state index in [1.165, 1.54) is 4.90 Å². The molecule has 0 atom stereocenters. The van der Waals surface area contributed by atoms with Crippen molar-refractivity contribution in [2.75, 3.05) is 13.4 Å². The van der Waals surface area contributed by atoms with E-state index in [1.807, 2.05) is 24.5 Å². The number of hydrogen-bond acceptors (Lipinski definition) is 2. The van der Waals surface area contributed by atoms with Crippen molar-refractivity contribution in [3.8, 4) is 5.75 Å². The van der Waals surface area contributed by atoms with E-state index in [4.69, 9.17) is 4.74 Å². The minimum absolute atomic E-state index is 0.891. The van der Waals surface area contributed by atoms with Crippen LogP contribution in [0.5, 0.6) is 5.75 Å². The molecule has 2 heteroatoms. The van der Waals surface area contributed by atoms with Gasteiger partial charge < -0.3 is 4.74 Å². The number of ether oxygens (including phenoxy) is 1. The Hall–Kier alpha value is -0.630. The molecule has 0 unspecified atom stereocenters. The summed E-state index contributed by atoms with van der Waals surface area (Å²) >= 11 is 1.68. The predicted molar refractivity (Wildman–Crippen MR) is 49.2 cm³/mol. The quantitative estimate of drug-likeness (QED) is 0.626. The maximum Gasteiger partial charge on any atom is 0.119 e. The molecular formula is C9H11OS. The van der Waals surface area contributed by atoms with E-state index in [-0.39, 0.29) is 0 Å². The third kappa shape index (κ3) is 1.90. The topological polar surface area (TPSA) is 9.23 Å². The van der Waals surface area contributed by atoms with Crippen molar-refractivity contribution >= 4 is 11.8 Å². The van der Waals surface area contributed by atoms with Gasteiger partial charge in [-0.3, -0.25) is 0 Å². The molecule has 1 aromatic rings. The number of hydrogen-bond donors (Lipinski definition) is 0. The summed E-state index contributed by atoms with van der Waals surface area (Å²) < 4.78 is 5.07. The summed E-state index contributed by atoms with van der Waals surface area (Å²) in [5.74, 6) is 0.891. The summed E-state index contributed by atoms with van der Waals surface area (Å²) in [5, 5.41) is 0. The summed E-state index contributed by atoms with van der Waals surface area (Å²) in [6.07, 6.45) is 2.03. The highest BCUT2D eigenvalue weighted by Crippen LogP contribution is 2.24. The Balaban J connectivity index is 3.02. The van der Waals surface area contributed by atoms with Crippen molar-refractivity contribution in [1.82, 2.24) is 0 Å². The van der Waals surface area contributed by atoms with Crippen molar-refractivity contribution < 1.29 is 4.74 Å². The zero-order valence-electron chi connectivity index (χ0n) is 6.76. The summed E-state index contributed by atoms with van der Waals surface area (Å²) in [6.45, 7) is 3.89. The van der Waals surface area contributed by atoms with Gasteiger partial charge in [0.1, 0.15) is 5.75 Å². The lowest BCUT2D eigenvalue weighted by molar-refractivity contribution is 0.413. The second kappa shape index (κ2) is 3.67. The molecule has 0 bridgehead atoms. The first-order valence-corrected chi connectivity index (χ1v) is 4.54. The Bertz CT molecular complexity index is 245. The number of methoxy groups -OCH3 is 1. The Morgan fingerprint density at radius 1 is 1.45 bits per heavy atom. The highest BCUT2D eigenvalue weighted by Gasteiger charge is 1.97. The molecule has 0 N–H and O–H groups in total. The van der Waals surface area contributed by atoms with Crippen LogP contribution in [0, 0.1) is 6.92 Å². The molecule has 1 radical (unpaired) electrons. The molecule has 0 aliphatic rings. The van der Waals surface area contributed by atoms with Gasteiger partial charge in [0.2, 0.25) is 0 Å². The zero-order chi connectivity index (χ0) is 8.27. The van der Waals surface area contributed by atoms with Gasteiger partial charge in [-0.15, -0.1) is 11.8 Å². The lowest BCUT2D eigenvalue weighted by Gasteiger charge is -2.04. The third-order valence-electron chi connectivity index (χ3n) is 1.49. The van der Waals surface area contributed by atoms with Gasteiger partial charge in [-0.1, -0.05) is 6.07 Å². The van der Waals surface area contributed by atoms with Gasteiger partial charge in [0.05, 0.1) is 7.11 Å². The average molecular weight is 167 g/mol. The van der Waals surface area contributed by atoms with E-state index >= 15 is 0 Å². The van der Waals surface area contributed by atoms with Gasteiger partial charge in [-0.05, 0) is 30.9 Å². The Kier molecular flexibility index (Phi) is 2.83.